The van der Waals surface area contributed by atoms with Gasteiger partial charge in [0.15, 0.2) is 0 Å². The van der Waals surface area contributed by atoms with E-state index in [0.717, 1.165) is 5.56 Å². The van der Waals surface area contributed by atoms with Crippen LogP contribution in [-0.4, -0.2) is 31.4 Å². The van der Waals surface area contributed by atoms with Gasteiger partial charge in [-0.3, -0.25) is 9.59 Å². The lowest BCUT2D eigenvalue weighted by Gasteiger charge is -2.10. The van der Waals surface area contributed by atoms with Gasteiger partial charge in [0.1, 0.15) is 0 Å². The molecule has 20 heavy (non-hydrogen) atoms. The summed E-state index contributed by atoms with van der Waals surface area (Å²) >= 11 is 0. The van der Waals surface area contributed by atoms with Gasteiger partial charge in [0.2, 0.25) is 5.91 Å². The summed E-state index contributed by atoms with van der Waals surface area (Å²) in [4.78, 5) is 23.4. The first-order valence-electron chi connectivity index (χ1n) is 6.96. The van der Waals surface area contributed by atoms with Crippen molar-refractivity contribution in [1.29, 1.82) is 0 Å². The zero-order chi connectivity index (χ0) is 14.5. The maximum absolute atomic E-state index is 11.9. The minimum absolute atomic E-state index is 0.0321. The molecule has 1 aliphatic carbocycles. The molecule has 1 saturated carbocycles. The first-order chi connectivity index (χ1) is 9.60. The highest BCUT2D eigenvalue weighted by atomic mass is 16.2. The quantitative estimate of drug-likeness (QED) is 0.735. The highest BCUT2D eigenvalue weighted by Crippen LogP contribution is 2.19. The largest absolute Gasteiger partial charge is 0.355 e. The normalized spacial score (nSPS) is 13.9. The van der Waals surface area contributed by atoms with Crippen LogP contribution in [0.5, 0.6) is 0 Å². The molecule has 5 heteroatoms. The molecule has 1 aliphatic rings. The molecule has 0 heterocycles. The Morgan fingerprint density at radius 1 is 1.30 bits per heavy atom. The molecule has 0 aliphatic heterocycles. The first kappa shape index (κ1) is 14.5. The average Bonchev–Trinajstić information content (AvgIpc) is 3.24. The number of nitrogens with one attached hydrogen (secondary N) is 3. The van der Waals surface area contributed by atoms with E-state index < -0.39 is 0 Å². The van der Waals surface area contributed by atoms with Crippen LogP contribution < -0.4 is 16.0 Å². The van der Waals surface area contributed by atoms with E-state index in [0.29, 0.717) is 30.3 Å². The van der Waals surface area contributed by atoms with Crippen LogP contribution in [0.1, 0.15) is 35.2 Å². The Labute approximate surface area is 119 Å². The maximum Gasteiger partial charge on any atom is 0.251 e. The fourth-order valence-corrected chi connectivity index (χ4v) is 1.93. The summed E-state index contributed by atoms with van der Waals surface area (Å²) in [6.45, 7) is 2.61. The van der Waals surface area contributed by atoms with Gasteiger partial charge in [-0.25, -0.2) is 0 Å². The molecule has 0 atom stereocenters. The molecule has 1 aromatic carbocycles. The molecule has 3 N–H and O–H groups in total. The smallest absolute Gasteiger partial charge is 0.251 e. The lowest BCUT2D eigenvalue weighted by Crippen LogP contribution is -2.23. The molecule has 1 aromatic rings. The third-order valence-electron chi connectivity index (χ3n) is 3.36. The zero-order valence-electron chi connectivity index (χ0n) is 12.0. The van der Waals surface area contributed by atoms with E-state index in [9.17, 15) is 9.59 Å². The molecule has 5 nitrogen and oxygen atoms in total. The number of carbonyl (C=O) groups excluding carboxylic acids is 2. The summed E-state index contributed by atoms with van der Waals surface area (Å²) in [5.74, 6) is -0.189. The molecule has 1 fully saturated rings. The van der Waals surface area contributed by atoms with E-state index >= 15 is 0 Å². The van der Waals surface area contributed by atoms with Gasteiger partial charge >= 0.3 is 0 Å². The Morgan fingerprint density at radius 3 is 2.70 bits per heavy atom. The van der Waals surface area contributed by atoms with E-state index in [2.05, 4.69) is 16.0 Å². The number of hydrogen-bond donors (Lipinski definition) is 3. The molecule has 2 rings (SSSR count). The van der Waals surface area contributed by atoms with Crippen LogP contribution in [0.3, 0.4) is 0 Å². The average molecular weight is 275 g/mol. The Kier molecular flexibility index (Phi) is 4.74. The maximum atomic E-state index is 11.9. The van der Waals surface area contributed by atoms with E-state index in [1.165, 1.54) is 12.8 Å². The highest BCUT2D eigenvalue weighted by Gasteiger charge is 2.20. The Morgan fingerprint density at radius 2 is 2.05 bits per heavy atom. The van der Waals surface area contributed by atoms with Gasteiger partial charge < -0.3 is 16.0 Å². The summed E-state index contributed by atoms with van der Waals surface area (Å²) in [6.07, 6.45) is 2.88. The number of rotatable bonds is 6. The third kappa shape index (κ3) is 4.06. The van der Waals surface area contributed by atoms with Crippen molar-refractivity contribution in [2.45, 2.75) is 32.2 Å². The van der Waals surface area contributed by atoms with Crippen molar-refractivity contribution in [2.24, 2.45) is 0 Å². The molecule has 0 aromatic heterocycles. The summed E-state index contributed by atoms with van der Waals surface area (Å²) in [5.41, 5.74) is 2.19. The number of hydrogen-bond acceptors (Lipinski definition) is 3. The second kappa shape index (κ2) is 6.52. The van der Waals surface area contributed by atoms with Crippen LogP contribution in [0.2, 0.25) is 0 Å². The Balaban J connectivity index is 1.92. The van der Waals surface area contributed by atoms with Gasteiger partial charge in [-0.2, -0.15) is 0 Å². The Hall–Kier alpha value is -1.88. The summed E-state index contributed by atoms with van der Waals surface area (Å²) in [6, 6.07) is 5.91. The van der Waals surface area contributed by atoms with Crippen LogP contribution in [0.25, 0.3) is 0 Å². The number of anilines is 1. The van der Waals surface area contributed by atoms with Gasteiger partial charge in [-0.15, -0.1) is 0 Å². The number of aryl methyl sites for hydroxylation is 1. The molecular weight excluding hydrogens is 254 g/mol. The second-order valence-electron chi connectivity index (χ2n) is 5.14. The standard InChI is InChI=1S/C15H21N3O2/c1-10-3-4-11(15(20)16-2)9-13(10)18-14(19)7-8-17-12-5-6-12/h3-4,9,12,17H,5-8H2,1-2H3,(H,16,20)(H,18,19). The van der Waals surface area contributed by atoms with Gasteiger partial charge in [-0.05, 0) is 37.5 Å². The second-order valence-corrected chi connectivity index (χ2v) is 5.14. The summed E-state index contributed by atoms with van der Waals surface area (Å²) in [5, 5.41) is 8.74. The molecule has 0 unspecified atom stereocenters. The SMILES string of the molecule is CNC(=O)c1ccc(C)c(NC(=O)CCNC2CC2)c1. The number of benzene rings is 1. The predicted octanol–water partition coefficient (Wildman–Crippen LogP) is 1.44. The van der Waals surface area contributed by atoms with Gasteiger partial charge in [0, 0.05) is 37.3 Å². The lowest BCUT2D eigenvalue weighted by atomic mass is 10.1. The molecule has 0 bridgehead atoms. The number of carbonyl (C=O) groups is 2. The zero-order valence-corrected chi connectivity index (χ0v) is 12.0. The van der Waals surface area contributed by atoms with Crippen LogP contribution in [0, 0.1) is 6.92 Å². The van der Waals surface area contributed by atoms with Gasteiger partial charge in [-0.1, -0.05) is 6.07 Å². The fourth-order valence-electron chi connectivity index (χ4n) is 1.93. The van der Waals surface area contributed by atoms with Gasteiger partial charge in [0.05, 0.1) is 0 Å². The minimum Gasteiger partial charge on any atom is -0.355 e. The lowest BCUT2D eigenvalue weighted by molar-refractivity contribution is -0.116. The molecule has 0 spiro atoms. The summed E-state index contributed by atoms with van der Waals surface area (Å²) in [7, 11) is 1.59. The van der Waals surface area contributed by atoms with Crippen LogP contribution in [0.4, 0.5) is 5.69 Å². The van der Waals surface area contributed by atoms with Gasteiger partial charge in [0.25, 0.3) is 5.91 Å². The molecule has 2 amide bonds. The van der Waals surface area contributed by atoms with E-state index in [-0.39, 0.29) is 11.8 Å². The van der Waals surface area contributed by atoms with E-state index in [1.807, 2.05) is 13.0 Å². The van der Waals surface area contributed by atoms with Crippen molar-refractivity contribution in [3.05, 3.63) is 29.3 Å². The minimum atomic E-state index is -0.157. The fraction of sp³-hybridized carbons (Fsp3) is 0.467. The van der Waals surface area contributed by atoms with Crippen molar-refractivity contribution >= 4 is 17.5 Å². The van der Waals surface area contributed by atoms with Crippen LogP contribution in [-0.2, 0) is 4.79 Å². The first-order valence-corrected chi connectivity index (χ1v) is 6.96. The van der Waals surface area contributed by atoms with Crippen molar-refractivity contribution in [3.63, 3.8) is 0 Å². The molecular formula is C15H21N3O2. The molecule has 0 radical (unpaired) electrons. The van der Waals surface area contributed by atoms with Crippen molar-refractivity contribution in [3.8, 4) is 0 Å². The topological polar surface area (TPSA) is 70.2 Å². The number of amides is 2. The highest BCUT2D eigenvalue weighted by molar-refractivity contribution is 5.97. The molecule has 0 saturated heterocycles. The van der Waals surface area contributed by atoms with E-state index in [4.69, 9.17) is 0 Å². The monoisotopic (exact) mass is 275 g/mol. The van der Waals surface area contributed by atoms with E-state index in [1.54, 1.807) is 19.2 Å². The Bertz CT molecular complexity index is 510. The van der Waals surface area contributed by atoms with Crippen molar-refractivity contribution < 1.29 is 9.59 Å². The van der Waals surface area contributed by atoms with Crippen molar-refractivity contribution in [2.75, 3.05) is 18.9 Å². The summed E-state index contributed by atoms with van der Waals surface area (Å²) < 4.78 is 0. The van der Waals surface area contributed by atoms with Crippen molar-refractivity contribution in [1.82, 2.24) is 10.6 Å². The van der Waals surface area contributed by atoms with Crippen LogP contribution in [0.15, 0.2) is 18.2 Å². The third-order valence-corrected chi connectivity index (χ3v) is 3.36. The predicted molar refractivity (Wildman–Crippen MR) is 78.8 cm³/mol. The molecule has 108 valence electrons. The van der Waals surface area contributed by atoms with Crippen LogP contribution >= 0.6 is 0 Å².